The highest BCUT2D eigenvalue weighted by molar-refractivity contribution is 7.89. The zero-order valence-corrected chi connectivity index (χ0v) is 14.5. The van der Waals surface area contributed by atoms with Crippen molar-refractivity contribution in [3.63, 3.8) is 0 Å². The van der Waals surface area contributed by atoms with E-state index in [-0.39, 0.29) is 10.9 Å². The maximum atomic E-state index is 12.9. The number of halogens is 1. The molecule has 1 saturated heterocycles. The van der Waals surface area contributed by atoms with Crippen LogP contribution in [0, 0.1) is 11.7 Å². The molecule has 0 aliphatic carbocycles. The average molecular weight is 344 g/mol. The van der Waals surface area contributed by atoms with Gasteiger partial charge in [0.1, 0.15) is 5.82 Å². The van der Waals surface area contributed by atoms with Gasteiger partial charge in [0.15, 0.2) is 0 Å². The molecule has 5 nitrogen and oxygen atoms in total. The van der Waals surface area contributed by atoms with Gasteiger partial charge in [-0.3, -0.25) is 0 Å². The molecule has 0 bridgehead atoms. The molecule has 0 spiro atoms. The summed E-state index contributed by atoms with van der Waals surface area (Å²) in [5.41, 5.74) is 0. The summed E-state index contributed by atoms with van der Waals surface area (Å²) in [6.07, 6.45) is 1.56. The van der Waals surface area contributed by atoms with Gasteiger partial charge in [0.2, 0.25) is 10.0 Å². The molecule has 1 aliphatic heterocycles. The van der Waals surface area contributed by atoms with Crippen LogP contribution < -0.4 is 4.72 Å². The topological polar surface area (TPSA) is 58.6 Å². The lowest BCUT2D eigenvalue weighted by Gasteiger charge is -2.33. The molecule has 130 valence electrons. The summed E-state index contributed by atoms with van der Waals surface area (Å²) in [5, 5.41) is 0. The minimum atomic E-state index is -3.58. The molecule has 1 aromatic rings. The molecule has 23 heavy (non-hydrogen) atoms. The Balaban J connectivity index is 1.85. The fourth-order valence-corrected chi connectivity index (χ4v) is 4.22. The van der Waals surface area contributed by atoms with Crippen LogP contribution in [0.15, 0.2) is 29.2 Å². The van der Waals surface area contributed by atoms with Crippen LogP contribution in [0.3, 0.4) is 0 Å². The molecule has 7 heteroatoms. The van der Waals surface area contributed by atoms with E-state index in [1.807, 2.05) is 0 Å². The van der Waals surface area contributed by atoms with Gasteiger partial charge < -0.3 is 9.64 Å². The molecule has 0 radical (unpaired) electrons. The quantitative estimate of drug-likeness (QED) is 0.820. The van der Waals surface area contributed by atoms with Gasteiger partial charge in [-0.05, 0) is 56.1 Å². The predicted molar refractivity (Wildman–Crippen MR) is 87.2 cm³/mol. The van der Waals surface area contributed by atoms with Gasteiger partial charge in [0.25, 0.3) is 0 Å². The highest BCUT2D eigenvalue weighted by Gasteiger charge is 2.25. The van der Waals surface area contributed by atoms with Crippen LogP contribution in [0.2, 0.25) is 0 Å². The number of hydrogen-bond donors (Lipinski definition) is 1. The van der Waals surface area contributed by atoms with Crippen molar-refractivity contribution in [2.24, 2.45) is 5.92 Å². The summed E-state index contributed by atoms with van der Waals surface area (Å²) in [6, 6.07) is 4.83. The standard InChI is InChI=1S/C16H25FN2O3S/c1-13(12-22-2)11-19-9-7-15(8-10-19)18-23(20,21)16-5-3-14(17)4-6-16/h3-6,13,15,18H,7-12H2,1-2H3. The van der Waals surface area contributed by atoms with Gasteiger partial charge in [-0.1, -0.05) is 6.92 Å². The van der Waals surface area contributed by atoms with Crippen LogP contribution in [0.4, 0.5) is 4.39 Å². The van der Waals surface area contributed by atoms with Crippen molar-refractivity contribution >= 4 is 10.0 Å². The van der Waals surface area contributed by atoms with Crippen LogP contribution in [0.25, 0.3) is 0 Å². The molecule has 0 saturated carbocycles. The van der Waals surface area contributed by atoms with E-state index in [0.717, 1.165) is 51.2 Å². The van der Waals surface area contributed by atoms with Crippen LogP contribution >= 0.6 is 0 Å². The van der Waals surface area contributed by atoms with Crippen molar-refractivity contribution in [2.75, 3.05) is 33.4 Å². The summed E-state index contributed by atoms with van der Waals surface area (Å²) < 4.78 is 45.4. The molecule has 1 heterocycles. The summed E-state index contributed by atoms with van der Waals surface area (Å²) in [5.74, 6) is 0.0230. The van der Waals surface area contributed by atoms with Gasteiger partial charge in [-0.25, -0.2) is 17.5 Å². The third kappa shape index (κ3) is 5.53. The minimum absolute atomic E-state index is 0.0703. The molecule has 1 unspecified atom stereocenters. The predicted octanol–water partition coefficient (Wildman–Crippen LogP) is 1.85. The lowest BCUT2D eigenvalue weighted by Crippen LogP contribution is -2.45. The third-order valence-electron chi connectivity index (χ3n) is 4.05. The number of nitrogens with one attached hydrogen (secondary N) is 1. The summed E-state index contributed by atoms with van der Waals surface area (Å²) in [6.45, 7) is 5.57. The SMILES string of the molecule is COCC(C)CN1CCC(NS(=O)(=O)c2ccc(F)cc2)CC1. The van der Waals surface area contributed by atoms with Gasteiger partial charge in [0, 0.05) is 26.3 Å². The first-order chi connectivity index (χ1) is 10.9. The Bertz CT molecular complexity index is 584. The normalized spacial score (nSPS) is 18.9. The fraction of sp³-hybridized carbons (Fsp3) is 0.625. The first-order valence-corrected chi connectivity index (χ1v) is 9.38. The van der Waals surface area contributed by atoms with E-state index in [1.54, 1.807) is 7.11 Å². The molecule has 0 aromatic heterocycles. The van der Waals surface area contributed by atoms with E-state index in [4.69, 9.17) is 4.74 Å². The van der Waals surface area contributed by atoms with Crippen molar-refractivity contribution in [1.82, 2.24) is 9.62 Å². The fourth-order valence-electron chi connectivity index (χ4n) is 2.91. The summed E-state index contributed by atoms with van der Waals surface area (Å²) >= 11 is 0. The largest absolute Gasteiger partial charge is 0.384 e. The van der Waals surface area contributed by atoms with Crippen LogP contribution in [0.5, 0.6) is 0 Å². The molecule has 1 aliphatic rings. The van der Waals surface area contributed by atoms with E-state index >= 15 is 0 Å². The van der Waals surface area contributed by atoms with Gasteiger partial charge in [-0.2, -0.15) is 0 Å². The maximum Gasteiger partial charge on any atom is 0.240 e. The van der Waals surface area contributed by atoms with Crippen LogP contribution in [0.1, 0.15) is 19.8 Å². The lowest BCUT2D eigenvalue weighted by molar-refractivity contribution is 0.116. The van der Waals surface area contributed by atoms with Crippen LogP contribution in [-0.4, -0.2) is 52.7 Å². The van der Waals surface area contributed by atoms with E-state index < -0.39 is 15.8 Å². The van der Waals surface area contributed by atoms with Crippen molar-refractivity contribution in [3.8, 4) is 0 Å². The number of piperidine rings is 1. The molecule has 1 atom stereocenters. The zero-order chi connectivity index (χ0) is 16.9. The smallest absolute Gasteiger partial charge is 0.240 e. The van der Waals surface area contributed by atoms with E-state index in [1.165, 1.54) is 12.1 Å². The number of nitrogens with zero attached hydrogens (tertiary/aromatic N) is 1. The lowest BCUT2D eigenvalue weighted by atomic mass is 10.0. The number of rotatable bonds is 7. The van der Waals surface area contributed by atoms with E-state index in [0.29, 0.717) is 5.92 Å². The molecular formula is C16H25FN2O3S. The number of ether oxygens (including phenoxy) is 1. The highest BCUT2D eigenvalue weighted by Crippen LogP contribution is 2.16. The second-order valence-corrected chi connectivity index (χ2v) is 7.92. The molecular weight excluding hydrogens is 319 g/mol. The number of hydrogen-bond acceptors (Lipinski definition) is 4. The van der Waals surface area contributed by atoms with Gasteiger partial charge in [-0.15, -0.1) is 0 Å². The Morgan fingerprint density at radius 1 is 1.30 bits per heavy atom. The van der Waals surface area contributed by atoms with E-state index in [9.17, 15) is 12.8 Å². The third-order valence-corrected chi connectivity index (χ3v) is 5.59. The van der Waals surface area contributed by atoms with Gasteiger partial charge >= 0.3 is 0 Å². The minimum Gasteiger partial charge on any atom is -0.384 e. The zero-order valence-electron chi connectivity index (χ0n) is 13.7. The Kier molecular flexibility index (Phi) is 6.52. The molecule has 2 rings (SSSR count). The monoisotopic (exact) mass is 344 g/mol. The Labute approximate surface area is 137 Å². The number of benzene rings is 1. The van der Waals surface area contributed by atoms with Gasteiger partial charge in [0.05, 0.1) is 4.90 Å². The Hall–Kier alpha value is -1.02. The Morgan fingerprint density at radius 3 is 2.48 bits per heavy atom. The molecule has 1 fully saturated rings. The number of sulfonamides is 1. The van der Waals surface area contributed by atoms with E-state index in [2.05, 4.69) is 16.5 Å². The number of likely N-dealkylation sites (tertiary alicyclic amines) is 1. The van der Waals surface area contributed by atoms with Crippen molar-refractivity contribution < 1.29 is 17.5 Å². The average Bonchev–Trinajstić information content (AvgIpc) is 2.50. The summed E-state index contributed by atoms with van der Waals surface area (Å²) in [7, 11) is -1.88. The van der Waals surface area contributed by atoms with Crippen molar-refractivity contribution in [3.05, 3.63) is 30.1 Å². The summed E-state index contributed by atoms with van der Waals surface area (Å²) in [4.78, 5) is 2.45. The van der Waals surface area contributed by atoms with Crippen LogP contribution in [-0.2, 0) is 14.8 Å². The number of methoxy groups -OCH3 is 1. The second-order valence-electron chi connectivity index (χ2n) is 6.21. The first-order valence-electron chi connectivity index (χ1n) is 7.90. The Morgan fingerprint density at radius 2 is 1.91 bits per heavy atom. The van der Waals surface area contributed by atoms with Crippen molar-refractivity contribution in [1.29, 1.82) is 0 Å². The molecule has 1 N–H and O–H groups in total. The first kappa shape index (κ1) is 18.3. The maximum absolute atomic E-state index is 12.9. The molecule has 0 amide bonds. The second kappa shape index (κ2) is 8.19. The highest BCUT2D eigenvalue weighted by atomic mass is 32.2. The molecule has 1 aromatic carbocycles. The van der Waals surface area contributed by atoms with Crippen molar-refractivity contribution in [2.45, 2.75) is 30.7 Å².